The second-order valence-electron chi connectivity index (χ2n) is 4.19. The van der Waals surface area contributed by atoms with Crippen LogP contribution in [0, 0.1) is 0 Å². The zero-order valence-electron chi connectivity index (χ0n) is 8.87. The topological polar surface area (TPSA) is 46.0 Å². The fourth-order valence-electron chi connectivity index (χ4n) is 2.00. The number of rotatable bonds is 2. The highest BCUT2D eigenvalue weighted by molar-refractivity contribution is 5.06. The summed E-state index contributed by atoms with van der Waals surface area (Å²) in [5.74, 6) is -1.93. The Kier molecular flexibility index (Phi) is 3.14. The lowest BCUT2D eigenvalue weighted by molar-refractivity contribution is -0.0388. The van der Waals surface area contributed by atoms with Crippen molar-refractivity contribution < 1.29 is 13.9 Å². The van der Waals surface area contributed by atoms with E-state index in [9.17, 15) is 8.78 Å². The van der Waals surface area contributed by atoms with Gasteiger partial charge in [0.15, 0.2) is 0 Å². The Hall–Kier alpha value is -1.10. The summed E-state index contributed by atoms with van der Waals surface area (Å²) in [5, 5.41) is 8.93. The second kappa shape index (κ2) is 4.41. The molecule has 2 rings (SSSR count). The Labute approximate surface area is 92.5 Å². The van der Waals surface area contributed by atoms with Gasteiger partial charge in [0.05, 0.1) is 12.3 Å². The molecule has 1 aromatic heterocycles. The van der Waals surface area contributed by atoms with Crippen molar-refractivity contribution in [2.24, 2.45) is 0 Å². The fourth-order valence-corrected chi connectivity index (χ4v) is 2.00. The summed E-state index contributed by atoms with van der Waals surface area (Å²) in [6.45, 7) is -0.140. The predicted octanol–water partition coefficient (Wildman–Crippen LogP) is 2.26. The highest BCUT2D eigenvalue weighted by Crippen LogP contribution is 2.39. The van der Waals surface area contributed by atoms with Crippen molar-refractivity contribution in [1.82, 2.24) is 9.97 Å². The third kappa shape index (κ3) is 2.52. The van der Waals surface area contributed by atoms with Gasteiger partial charge in [-0.25, -0.2) is 18.7 Å². The molecule has 1 aliphatic carbocycles. The first-order valence-corrected chi connectivity index (χ1v) is 5.41. The molecule has 0 bridgehead atoms. The van der Waals surface area contributed by atoms with Crippen LogP contribution in [-0.2, 0) is 6.61 Å². The standard InChI is InChI=1S/C11H14F2N2O/c12-11(13)4-1-8(2-5-11)10-14-6-3-9(7-16)15-10/h3,6,8,16H,1-2,4-5,7H2. The van der Waals surface area contributed by atoms with Gasteiger partial charge in [-0.2, -0.15) is 0 Å². The average Bonchev–Trinajstić information content (AvgIpc) is 2.29. The minimum absolute atomic E-state index is 0.00567. The summed E-state index contributed by atoms with van der Waals surface area (Å²) in [7, 11) is 0. The molecule has 0 radical (unpaired) electrons. The first-order chi connectivity index (χ1) is 7.61. The Morgan fingerprint density at radius 2 is 2.06 bits per heavy atom. The number of aromatic nitrogens is 2. The molecular weight excluding hydrogens is 214 g/mol. The lowest BCUT2D eigenvalue weighted by Crippen LogP contribution is -2.24. The molecule has 0 aliphatic heterocycles. The van der Waals surface area contributed by atoms with Gasteiger partial charge in [-0.05, 0) is 18.9 Å². The van der Waals surface area contributed by atoms with Crippen molar-refractivity contribution in [1.29, 1.82) is 0 Å². The number of halogens is 2. The van der Waals surface area contributed by atoms with Gasteiger partial charge in [0, 0.05) is 25.0 Å². The summed E-state index contributed by atoms with van der Waals surface area (Å²) < 4.78 is 25.9. The van der Waals surface area contributed by atoms with Crippen LogP contribution >= 0.6 is 0 Å². The number of hydrogen-bond acceptors (Lipinski definition) is 3. The van der Waals surface area contributed by atoms with E-state index in [1.165, 1.54) is 0 Å². The van der Waals surface area contributed by atoms with Crippen LogP contribution in [0.25, 0.3) is 0 Å². The van der Waals surface area contributed by atoms with Gasteiger partial charge < -0.3 is 5.11 Å². The van der Waals surface area contributed by atoms with E-state index in [4.69, 9.17) is 5.11 Å². The maximum Gasteiger partial charge on any atom is 0.248 e. The van der Waals surface area contributed by atoms with Gasteiger partial charge in [-0.3, -0.25) is 0 Å². The van der Waals surface area contributed by atoms with Crippen LogP contribution in [0.3, 0.4) is 0 Å². The normalized spacial score (nSPS) is 20.9. The van der Waals surface area contributed by atoms with E-state index >= 15 is 0 Å². The van der Waals surface area contributed by atoms with Crippen molar-refractivity contribution in [3.05, 3.63) is 23.8 Å². The van der Waals surface area contributed by atoms with E-state index < -0.39 is 5.92 Å². The van der Waals surface area contributed by atoms with E-state index in [1.807, 2.05) is 0 Å². The predicted molar refractivity (Wildman–Crippen MR) is 54.1 cm³/mol. The summed E-state index contributed by atoms with van der Waals surface area (Å²) in [4.78, 5) is 8.25. The molecule has 1 aliphatic rings. The average molecular weight is 228 g/mol. The molecule has 0 aromatic carbocycles. The minimum atomic E-state index is -2.52. The van der Waals surface area contributed by atoms with Crippen molar-refractivity contribution in [3.63, 3.8) is 0 Å². The van der Waals surface area contributed by atoms with Gasteiger partial charge in [-0.15, -0.1) is 0 Å². The minimum Gasteiger partial charge on any atom is -0.390 e. The number of aliphatic hydroxyl groups is 1. The van der Waals surface area contributed by atoms with Gasteiger partial charge in [-0.1, -0.05) is 0 Å². The maximum atomic E-state index is 13.0. The molecule has 3 nitrogen and oxygen atoms in total. The summed E-state index contributed by atoms with van der Waals surface area (Å²) in [6.07, 6.45) is 2.22. The van der Waals surface area contributed by atoms with Crippen molar-refractivity contribution in [3.8, 4) is 0 Å². The van der Waals surface area contributed by atoms with Gasteiger partial charge in [0.1, 0.15) is 5.82 Å². The molecule has 0 atom stereocenters. The highest BCUT2D eigenvalue weighted by atomic mass is 19.3. The van der Waals surface area contributed by atoms with Crippen LogP contribution in [-0.4, -0.2) is 21.0 Å². The third-order valence-corrected chi connectivity index (χ3v) is 2.98. The van der Waals surface area contributed by atoms with Crippen molar-refractivity contribution in [2.75, 3.05) is 0 Å². The first kappa shape index (κ1) is 11.4. The number of alkyl halides is 2. The zero-order chi connectivity index (χ0) is 11.6. The Morgan fingerprint density at radius 3 is 2.69 bits per heavy atom. The Balaban J connectivity index is 2.08. The largest absolute Gasteiger partial charge is 0.390 e. The molecule has 0 saturated heterocycles. The molecule has 1 heterocycles. The molecule has 0 spiro atoms. The quantitative estimate of drug-likeness (QED) is 0.844. The van der Waals surface area contributed by atoms with Gasteiger partial charge in [0.25, 0.3) is 0 Å². The Morgan fingerprint density at radius 1 is 1.38 bits per heavy atom. The smallest absolute Gasteiger partial charge is 0.248 e. The number of hydrogen-bond donors (Lipinski definition) is 1. The first-order valence-electron chi connectivity index (χ1n) is 5.41. The van der Waals surface area contributed by atoms with Gasteiger partial charge in [0.2, 0.25) is 5.92 Å². The lowest BCUT2D eigenvalue weighted by atomic mass is 9.86. The summed E-state index contributed by atoms with van der Waals surface area (Å²) >= 11 is 0. The molecule has 16 heavy (non-hydrogen) atoms. The molecule has 1 saturated carbocycles. The Bertz CT molecular complexity index is 361. The molecule has 1 fully saturated rings. The summed E-state index contributed by atoms with van der Waals surface area (Å²) in [5.41, 5.74) is 0.544. The molecule has 5 heteroatoms. The van der Waals surface area contributed by atoms with E-state index in [-0.39, 0.29) is 25.4 Å². The van der Waals surface area contributed by atoms with E-state index in [1.54, 1.807) is 12.3 Å². The van der Waals surface area contributed by atoms with E-state index in [0.717, 1.165) is 0 Å². The van der Waals surface area contributed by atoms with Crippen LogP contribution < -0.4 is 0 Å². The molecular formula is C11H14F2N2O. The summed E-state index contributed by atoms with van der Waals surface area (Å²) in [6, 6.07) is 1.63. The van der Waals surface area contributed by atoms with E-state index in [0.29, 0.717) is 24.4 Å². The fraction of sp³-hybridized carbons (Fsp3) is 0.636. The lowest BCUT2D eigenvalue weighted by Gasteiger charge is -2.27. The molecule has 0 unspecified atom stereocenters. The van der Waals surface area contributed by atoms with Crippen molar-refractivity contribution in [2.45, 2.75) is 44.1 Å². The molecule has 1 N–H and O–H groups in total. The highest BCUT2D eigenvalue weighted by Gasteiger charge is 2.36. The third-order valence-electron chi connectivity index (χ3n) is 2.98. The zero-order valence-corrected chi connectivity index (χ0v) is 8.87. The van der Waals surface area contributed by atoms with Crippen LogP contribution in [0.15, 0.2) is 12.3 Å². The monoisotopic (exact) mass is 228 g/mol. The van der Waals surface area contributed by atoms with Gasteiger partial charge >= 0.3 is 0 Å². The number of nitrogens with zero attached hydrogens (tertiary/aromatic N) is 2. The molecule has 88 valence electrons. The molecule has 0 amide bonds. The van der Waals surface area contributed by atoms with Crippen molar-refractivity contribution >= 4 is 0 Å². The second-order valence-corrected chi connectivity index (χ2v) is 4.19. The van der Waals surface area contributed by atoms with Crippen LogP contribution in [0.5, 0.6) is 0 Å². The van der Waals surface area contributed by atoms with Crippen LogP contribution in [0.2, 0.25) is 0 Å². The maximum absolute atomic E-state index is 13.0. The van der Waals surface area contributed by atoms with Crippen LogP contribution in [0.1, 0.15) is 43.1 Å². The van der Waals surface area contributed by atoms with Crippen LogP contribution in [0.4, 0.5) is 8.78 Å². The SMILES string of the molecule is OCc1ccnc(C2CCC(F)(F)CC2)n1. The number of aliphatic hydroxyl groups excluding tert-OH is 1. The van der Waals surface area contributed by atoms with E-state index in [2.05, 4.69) is 9.97 Å². The molecule has 1 aromatic rings.